The highest BCUT2D eigenvalue weighted by molar-refractivity contribution is 5.25. The molecular formula is C12H15F2N3. The van der Waals surface area contributed by atoms with Crippen LogP contribution in [0.25, 0.3) is 0 Å². The standard InChI is InChI=1S/C12H15F2N3/c1-17(2)6-5-16-12(8-15)9-3-4-10(13)11(14)7-9/h3-4,7,12,16H,5-6H2,1-2H3. The fourth-order valence-electron chi connectivity index (χ4n) is 1.36. The topological polar surface area (TPSA) is 39.1 Å². The Morgan fingerprint density at radius 1 is 1.35 bits per heavy atom. The van der Waals surface area contributed by atoms with Gasteiger partial charge in [0.15, 0.2) is 11.6 Å². The van der Waals surface area contributed by atoms with E-state index in [1.807, 2.05) is 25.1 Å². The highest BCUT2D eigenvalue weighted by Crippen LogP contribution is 2.15. The lowest BCUT2D eigenvalue weighted by atomic mass is 10.1. The molecule has 1 aromatic rings. The predicted octanol–water partition coefficient (Wildman–Crippen LogP) is 1.68. The molecule has 1 atom stereocenters. The molecule has 0 amide bonds. The molecule has 17 heavy (non-hydrogen) atoms. The maximum Gasteiger partial charge on any atom is 0.159 e. The van der Waals surface area contributed by atoms with Gasteiger partial charge in [-0.2, -0.15) is 5.26 Å². The van der Waals surface area contributed by atoms with E-state index in [2.05, 4.69) is 5.32 Å². The number of nitrogens with zero attached hydrogens (tertiary/aromatic N) is 2. The summed E-state index contributed by atoms with van der Waals surface area (Å²) in [5, 5.41) is 11.9. The fourth-order valence-corrected chi connectivity index (χ4v) is 1.36. The zero-order chi connectivity index (χ0) is 12.8. The monoisotopic (exact) mass is 239 g/mol. The van der Waals surface area contributed by atoms with E-state index >= 15 is 0 Å². The largest absolute Gasteiger partial charge is 0.308 e. The normalized spacial score (nSPS) is 12.5. The minimum Gasteiger partial charge on any atom is -0.308 e. The molecule has 0 aliphatic carbocycles. The first-order valence-corrected chi connectivity index (χ1v) is 5.27. The molecule has 0 aliphatic heterocycles. The zero-order valence-corrected chi connectivity index (χ0v) is 9.87. The van der Waals surface area contributed by atoms with Crippen molar-refractivity contribution in [2.24, 2.45) is 0 Å². The van der Waals surface area contributed by atoms with Crippen molar-refractivity contribution in [3.05, 3.63) is 35.4 Å². The first-order valence-electron chi connectivity index (χ1n) is 5.27. The number of nitriles is 1. The van der Waals surface area contributed by atoms with Gasteiger partial charge in [-0.05, 0) is 31.8 Å². The van der Waals surface area contributed by atoms with Gasteiger partial charge in [-0.25, -0.2) is 8.78 Å². The van der Waals surface area contributed by atoms with Crippen molar-refractivity contribution in [1.82, 2.24) is 10.2 Å². The number of hydrogen-bond acceptors (Lipinski definition) is 3. The first-order chi connectivity index (χ1) is 8.04. The summed E-state index contributed by atoms with van der Waals surface area (Å²) in [5.74, 6) is -1.84. The van der Waals surface area contributed by atoms with Crippen molar-refractivity contribution < 1.29 is 8.78 Å². The number of nitrogens with one attached hydrogen (secondary N) is 1. The van der Waals surface area contributed by atoms with Gasteiger partial charge >= 0.3 is 0 Å². The van der Waals surface area contributed by atoms with Gasteiger partial charge in [-0.3, -0.25) is 5.32 Å². The van der Waals surface area contributed by atoms with E-state index in [1.165, 1.54) is 6.07 Å². The van der Waals surface area contributed by atoms with Gasteiger partial charge in [0, 0.05) is 13.1 Å². The number of likely N-dealkylation sites (N-methyl/N-ethyl adjacent to an activating group) is 1. The average Bonchev–Trinajstić information content (AvgIpc) is 2.28. The van der Waals surface area contributed by atoms with Gasteiger partial charge in [0.05, 0.1) is 6.07 Å². The summed E-state index contributed by atoms with van der Waals surface area (Å²) in [7, 11) is 3.83. The van der Waals surface area contributed by atoms with Crippen molar-refractivity contribution in [2.75, 3.05) is 27.2 Å². The third kappa shape index (κ3) is 4.10. The Morgan fingerprint density at radius 2 is 2.06 bits per heavy atom. The Morgan fingerprint density at radius 3 is 2.59 bits per heavy atom. The van der Waals surface area contributed by atoms with Crippen molar-refractivity contribution in [2.45, 2.75) is 6.04 Å². The van der Waals surface area contributed by atoms with Gasteiger partial charge in [0.2, 0.25) is 0 Å². The number of hydrogen-bond donors (Lipinski definition) is 1. The highest BCUT2D eigenvalue weighted by atomic mass is 19.2. The second-order valence-corrected chi connectivity index (χ2v) is 3.99. The highest BCUT2D eigenvalue weighted by Gasteiger charge is 2.12. The summed E-state index contributed by atoms with van der Waals surface area (Å²) in [6, 6.07) is 4.89. The van der Waals surface area contributed by atoms with E-state index in [-0.39, 0.29) is 0 Å². The lowest BCUT2D eigenvalue weighted by Gasteiger charge is -2.14. The van der Waals surface area contributed by atoms with Crippen LogP contribution in [-0.4, -0.2) is 32.1 Å². The first kappa shape index (κ1) is 13.6. The molecule has 0 heterocycles. The molecule has 0 spiro atoms. The van der Waals surface area contributed by atoms with E-state index in [4.69, 9.17) is 5.26 Å². The summed E-state index contributed by atoms with van der Waals surface area (Å²) in [4.78, 5) is 1.96. The predicted molar refractivity (Wildman–Crippen MR) is 61.3 cm³/mol. The van der Waals surface area contributed by atoms with E-state index in [0.29, 0.717) is 12.1 Å². The molecule has 3 nitrogen and oxygen atoms in total. The van der Waals surface area contributed by atoms with Crippen LogP contribution in [0.1, 0.15) is 11.6 Å². The van der Waals surface area contributed by atoms with Crippen LogP contribution in [0.3, 0.4) is 0 Å². The quantitative estimate of drug-likeness (QED) is 0.849. The molecule has 1 N–H and O–H groups in total. The molecule has 5 heteroatoms. The fraction of sp³-hybridized carbons (Fsp3) is 0.417. The molecule has 1 unspecified atom stereocenters. The SMILES string of the molecule is CN(C)CCNC(C#N)c1ccc(F)c(F)c1. The second kappa shape index (κ2) is 6.28. The number of halogens is 2. The van der Waals surface area contributed by atoms with Crippen LogP contribution >= 0.6 is 0 Å². The Balaban J connectivity index is 2.67. The molecular weight excluding hydrogens is 224 g/mol. The average molecular weight is 239 g/mol. The van der Waals surface area contributed by atoms with Crippen LogP contribution in [0.5, 0.6) is 0 Å². The molecule has 0 bridgehead atoms. The van der Waals surface area contributed by atoms with Gasteiger partial charge in [0.1, 0.15) is 6.04 Å². The summed E-state index contributed by atoms with van der Waals surface area (Å²) in [6.07, 6.45) is 0. The van der Waals surface area contributed by atoms with E-state index in [1.54, 1.807) is 0 Å². The lowest BCUT2D eigenvalue weighted by Crippen LogP contribution is -2.29. The van der Waals surface area contributed by atoms with Crippen LogP contribution in [0, 0.1) is 23.0 Å². The van der Waals surface area contributed by atoms with E-state index < -0.39 is 17.7 Å². The Kier molecular flexibility index (Phi) is 5.01. The minimum atomic E-state index is -0.933. The molecule has 1 rings (SSSR count). The summed E-state index contributed by atoms with van der Waals surface area (Å²) < 4.78 is 25.7. The van der Waals surface area contributed by atoms with Gasteiger partial charge < -0.3 is 4.90 Å². The third-order valence-corrected chi connectivity index (χ3v) is 2.31. The van der Waals surface area contributed by atoms with E-state index in [9.17, 15) is 8.78 Å². The summed E-state index contributed by atoms with van der Waals surface area (Å²) in [6.45, 7) is 1.37. The minimum absolute atomic E-state index is 0.435. The van der Waals surface area contributed by atoms with Crippen LogP contribution in [0.4, 0.5) is 8.78 Å². The maximum atomic E-state index is 13.0. The van der Waals surface area contributed by atoms with E-state index in [0.717, 1.165) is 18.7 Å². The molecule has 92 valence electrons. The second-order valence-electron chi connectivity index (χ2n) is 3.99. The zero-order valence-electron chi connectivity index (χ0n) is 9.87. The molecule has 0 aromatic heterocycles. The van der Waals surface area contributed by atoms with Crippen molar-refractivity contribution in [3.63, 3.8) is 0 Å². The lowest BCUT2D eigenvalue weighted by molar-refractivity contribution is 0.394. The van der Waals surface area contributed by atoms with Crippen LogP contribution in [-0.2, 0) is 0 Å². The summed E-state index contributed by atoms with van der Waals surface area (Å²) >= 11 is 0. The number of benzene rings is 1. The van der Waals surface area contributed by atoms with Crippen LogP contribution in [0.15, 0.2) is 18.2 Å². The molecule has 0 saturated carbocycles. The van der Waals surface area contributed by atoms with Crippen molar-refractivity contribution >= 4 is 0 Å². The molecule has 0 aliphatic rings. The van der Waals surface area contributed by atoms with Crippen molar-refractivity contribution in [3.8, 4) is 6.07 Å². The Bertz CT molecular complexity index is 413. The van der Waals surface area contributed by atoms with Gasteiger partial charge in [-0.1, -0.05) is 6.07 Å². The molecule has 0 radical (unpaired) electrons. The molecule has 0 fully saturated rings. The van der Waals surface area contributed by atoms with Gasteiger partial charge in [0.25, 0.3) is 0 Å². The molecule has 1 aromatic carbocycles. The smallest absolute Gasteiger partial charge is 0.159 e. The summed E-state index contributed by atoms with van der Waals surface area (Å²) in [5.41, 5.74) is 0.435. The third-order valence-electron chi connectivity index (χ3n) is 2.31. The van der Waals surface area contributed by atoms with Gasteiger partial charge in [-0.15, -0.1) is 0 Å². The van der Waals surface area contributed by atoms with Crippen molar-refractivity contribution in [1.29, 1.82) is 5.26 Å². The van der Waals surface area contributed by atoms with Crippen LogP contribution < -0.4 is 5.32 Å². The maximum absolute atomic E-state index is 13.0. The Labute approximate surface area is 99.7 Å². The number of rotatable bonds is 5. The Hall–Kier alpha value is -1.51. The van der Waals surface area contributed by atoms with Crippen LogP contribution in [0.2, 0.25) is 0 Å². The molecule has 0 saturated heterocycles.